The highest BCUT2D eigenvalue weighted by Crippen LogP contribution is 2.18. The molecule has 0 atom stereocenters. The lowest BCUT2D eigenvalue weighted by Gasteiger charge is -1.94. The molecule has 412 valence electrons. The average Bonchev–Trinajstić information content (AvgIpc) is 4.38. The fraction of sp³-hybridized carbons (Fsp3) is 0. The average molecular weight is 1200 g/mol. The lowest BCUT2D eigenvalue weighted by atomic mass is 10.5. The van der Waals surface area contributed by atoms with Crippen LogP contribution in [0.15, 0.2) is 223 Å². The monoisotopic (exact) mass is 1200 g/mol. The first-order valence-electron chi connectivity index (χ1n) is 21.2. The van der Waals surface area contributed by atoms with Gasteiger partial charge in [-0.3, -0.25) is 5.10 Å². The number of aromatic amines is 5. The Morgan fingerprint density at radius 1 is 0.475 bits per heavy atom. The molecule has 0 spiro atoms. The van der Waals surface area contributed by atoms with E-state index in [1.54, 1.807) is 156 Å². The number of nitrogens with one attached hydrogen (secondary N) is 7. The molecule has 33 nitrogen and oxygen atoms in total. The van der Waals surface area contributed by atoms with Gasteiger partial charge in [-0.1, -0.05) is 27.3 Å². The van der Waals surface area contributed by atoms with Crippen LogP contribution in [-0.2, 0) is 9.47 Å². The van der Waals surface area contributed by atoms with E-state index in [0.717, 1.165) is 21.5 Å². The Morgan fingerprint density at radius 2 is 1.19 bits per heavy atom. The number of thiazole rings is 1. The predicted octanol–water partition coefficient (Wildman–Crippen LogP) is 7.39. The molecule has 0 radical (unpaired) electrons. The number of fused-ring (bicyclic) bond motifs is 3. The van der Waals surface area contributed by atoms with Gasteiger partial charge >= 0.3 is 0 Å². The lowest BCUT2D eigenvalue weighted by Crippen LogP contribution is -1.94. The summed E-state index contributed by atoms with van der Waals surface area (Å²) in [6, 6.07) is 0. The number of hydrogen-bond donors (Lipinski definition) is 7. The normalized spacial score (nSPS) is 11.6. The summed E-state index contributed by atoms with van der Waals surface area (Å²) in [6.07, 6.45) is 37.5. The largest absolute Gasteiger partial charge is 0.472 e. The van der Waals surface area contributed by atoms with Crippen LogP contribution in [0, 0.1) is 0 Å². The van der Waals surface area contributed by atoms with Crippen LogP contribution >= 0.6 is 69.7 Å². The molecule has 0 unspecified atom stereocenters. The molecule has 0 aliphatic carbocycles. The summed E-state index contributed by atoms with van der Waals surface area (Å²) in [5, 5.41) is 75.5. The fourth-order valence-electron chi connectivity index (χ4n) is 3.71. The Balaban J connectivity index is 0.000000188. The topological polar surface area (TPSA) is 432 Å². The van der Waals surface area contributed by atoms with Gasteiger partial charge in [-0.15, -0.1) is 88.6 Å². The van der Waals surface area contributed by atoms with E-state index in [9.17, 15) is 0 Å². The van der Waals surface area contributed by atoms with Crippen molar-refractivity contribution in [1.29, 1.82) is 0 Å². The van der Waals surface area contributed by atoms with E-state index in [1.807, 2.05) is 34.0 Å². The zero-order valence-electron chi connectivity index (χ0n) is 40.6. The molecular weight excluding hydrogens is 1160 g/mol. The van der Waals surface area contributed by atoms with E-state index >= 15 is 0 Å². The van der Waals surface area contributed by atoms with Crippen molar-refractivity contribution in [3.8, 4) is 0 Å². The molecule has 7 N–H and O–H groups in total. The van der Waals surface area contributed by atoms with Crippen molar-refractivity contribution >= 4 is 103 Å². The van der Waals surface area contributed by atoms with Gasteiger partial charge in [-0.05, 0) is 32.4 Å². The van der Waals surface area contributed by atoms with Crippen molar-refractivity contribution in [2.45, 2.75) is 0 Å². The maximum atomic E-state index is 4.83. The van der Waals surface area contributed by atoms with Gasteiger partial charge in [-0.25, -0.2) is 49.6 Å². The van der Waals surface area contributed by atoms with Crippen molar-refractivity contribution in [2.24, 2.45) is 0 Å². The van der Waals surface area contributed by atoms with E-state index in [0.29, 0.717) is 11.4 Å². The molecule has 4 aliphatic heterocycles. The summed E-state index contributed by atoms with van der Waals surface area (Å²) in [5.74, 6) is 0. The van der Waals surface area contributed by atoms with E-state index < -0.39 is 0 Å². The van der Waals surface area contributed by atoms with Gasteiger partial charge in [-0.2, -0.15) is 30.8 Å². The third-order valence-electron chi connectivity index (χ3n) is 6.63. The van der Waals surface area contributed by atoms with E-state index in [4.69, 9.17) is 4.42 Å². The minimum Gasteiger partial charge on any atom is -0.472 e. The van der Waals surface area contributed by atoms with Crippen molar-refractivity contribution in [1.82, 2.24) is 143 Å². The Morgan fingerprint density at radius 3 is 1.60 bits per heavy atom. The summed E-state index contributed by atoms with van der Waals surface area (Å²) in [4.78, 5) is 34.9. The highest BCUT2D eigenvalue weighted by molar-refractivity contribution is 8.11. The molecule has 39 heteroatoms. The highest BCUT2D eigenvalue weighted by Gasteiger charge is 1.95. The first kappa shape index (κ1) is 62.4. The number of nitrogens with zero attached hydrogens (tertiary/aromatic N) is 21. The molecule has 12 aromatic heterocycles. The number of tetrazole rings is 1. The van der Waals surface area contributed by atoms with E-state index in [1.165, 1.54) is 68.2 Å². The zero-order chi connectivity index (χ0) is 55.8. The molecule has 0 amide bonds. The zero-order valence-corrected chi connectivity index (χ0v) is 45.5. The molecule has 0 bridgehead atoms. The second kappa shape index (κ2) is 47.4. The summed E-state index contributed by atoms with van der Waals surface area (Å²) in [5.41, 5.74) is 8.78. The summed E-state index contributed by atoms with van der Waals surface area (Å²) in [7, 11) is 0. The highest BCUT2D eigenvalue weighted by atomic mass is 32.2. The van der Waals surface area contributed by atoms with Gasteiger partial charge in [0.1, 0.15) is 53.6 Å². The quantitative estimate of drug-likeness (QED) is 0.0777. The van der Waals surface area contributed by atoms with Crippen LogP contribution in [-0.4, -0.2) is 132 Å². The Kier molecular flexibility index (Phi) is 37.0. The molecule has 0 saturated carbocycles. The van der Waals surface area contributed by atoms with Gasteiger partial charge < -0.3 is 33.9 Å². The van der Waals surface area contributed by atoms with Gasteiger partial charge in [0.15, 0.2) is 28.8 Å². The molecule has 0 fully saturated rings. The van der Waals surface area contributed by atoms with Crippen LogP contribution in [0.4, 0.5) is 0 Å². The number of oxazole rings is 1. The van der Waals surface area contributed by atoms with Crippen molar-refractivity contribution in [2.75, 3.05) is 0 Å². The molecule has 16 heterocycles. The van der Waals surface area contributed by atoms with Gasteiger partial charge in [0.05, 0.1) is 61.5 Å². The summed E-state index contributed by atoms with van der Waals surface area (Å²) in [6.45, 7) is 0. The fourth-order valence-corrected chi connectivity index (χ4v) is 6.54. The molecule has 0 saturated heterocycles. The Bertz CT molecular complexity index is 2640. The minimum absolute atomic E-state index is 0.630. The predicted molar refractivity (Wildman–Crippen MR) is 300 cm³/mol. The number of ether oxygens (including phenoxy) is 2. The number of rotatable bonds is 0. The van der Waals surface area contributed by atoms with Crippen molar-refractivity contribution < 1.29 is 22.9 Å². The second-order valence-electron chi connectivity index (χ2n) is 11.7. The van der Waals surface area contributed by atoms with E-state index in [2.05, 4.69) is 183 Å². The van der Waals surface area contributed by atoms with Gasteiger partial charge in [0, 0.05) is 48.0 Å². The second-order valence-corrected chi connectivity index (χ2v) is 16.5. The van der Waals surface area contributed by atoms with Crippen LogP contribution in [0.1, 0.15) is 0 Å². The molecule has 16 rings (SSSR count). The van der Waals surface area contributed by atoms with Gasteiger partial charge in [0.2, 0.25) is 18.5 Å². The standard InChI is InChI=1S/C6H4N4.C4H3N3O.C4H3N3S.C4H5NO.C4H5NS.C4H4OS.C4H4S2.2C2H3N3.2C2H2N2O.C2H2N2S.CH2N4/c1-2-9-6-5(8-1)3-7-4-10-6;1-3-4(7-6-1)8-2-5-3;1-5-3-4(6-1)8-2-7-3;3*1-3-6-4-2-5-1;1-2-6-4-3-5-1;1-3-2-5-4-1;1-2-4-5-3-1;1-3-4-2-5-1;1-2-4-5-3-1;1-3-4-2-5-1;1-2-4-5-3-1/h1-4H;1-2H,(H,6,7);1-2H,(H,5,6);2*1-5H;2*1-4H;2*1-2H,(H,3,4,5);3*1-2H;1H,(H,2,3,4,5). The van der Waals surface area contributed by atoms with Crippen LogP contribution in [0.25, 0.3) is 32.9 Å². The number of thioether (sulfide) groups is 4. The Labute approximate surface area is 475 Å². The first-order valence-corrected chi connectivity index (χ1v) is 26.8. The molecule has 0 aromatic carbocycles. The van der Waals surface area contributed by atoms with Gasteiger partial charge in [0.25, 0.3) is 0 Å². The maximum Gasteiger partial charge on any atom is 0.242 e. The number of H-pyrrole nitrogens is 5. The van der Waals surface area contributed by atoms with Crippen LogP contribution in [0.2, 0.25) is 0 Å². The third kappa shape index (κ3) is 34.5. The minimum atomic E-state index is 0.630. The molecule has 12 aromatic rings. The van der Waals surface area contributed by atoms with Crippen molar-refractivity contribution in [3.63, 3.8) is 0 Å². The number of hydrogen-bond acceptors (Lipinski definition) is 34. The van der Waals surface area contributed by atoms with Crippen LogP contribution in [0.3, 0.4) is 0 Å². The molecular formula is C41H42N28O5S6. The smallest absolute Gasteiger partial charge is 0.242 e. The SMILES string of the molecule is C1=COC=CN1.C1=CSC=CN1.C1=CSC=CO1.C1=CSC=CS1.c1cn[nH]n1.c1cnc2ncncc2n1.c1cnon1.c1nc2cn[nH]c2o1.c1nc2scnc2[nH]1.c1nc[nH]n1.c1nn[nH]n1.c1nnco1.c1nncs1. The maximum absolute atomic E-state index is 4.83. The van der Waals surface area contributed by atoms with Crippen LogP contribution < -0.4 is 10.6 Å². The van der Waals surface area contributed by atoms with Crippen LogP contribution in [0.5, 0.6) is 0 Å². The number of imidazole rings is 1. The summed E-state index contributed by atoms with van der Waals surface area (Å²) >= 11 is 9.74. The van der Waals surface area contributed by atoms with Crippen molar-refractivity contribution in [3.05, 3.63) is 210 Å². The van der Waals surface area contributed by atoms with E-state index in [-0.39, 0.29) is 0 Å². The Hall–Kier alpha value is -10.1. The molecule has 80 heavy (non-hydrogen) atoms. The third-order valence-corrected chi connectivity index (χ3v) is 10.4. The summed E-state index contributed by atoms with van der Waals surface area (Å²) < 4.78 is 22.6. The molecule has 4 aliphatic rings. The first-order chi connectivity index (χ1) is 39.9. The number of aromatic nitrogens is 26. The lowest BCUT2D eigenvalue weighted by molar-refractivity contribution is 0.307.